The van der Waals surface area contributed by atoms with Gasteiger partial charge >= 0.3 is 5.97 Å². The Morgan fingerprint density at radius 3 is 2.61 bits per heavy atom. The van der Waals surface area contributed by atoms with Gasteiger partial charge in [0.15, 0.2) is 0 Å². The van der Waals surface area contributed by atoms with Gasteiger partial charge in [-0.3, -0.25) is 14.5 Å². The Kier molecular flexibility index (Phi) is 6.07. The second-order valence-electron chi connectivity index (χ2n) is 4.59. The average molecular weight is 258 g/mol. The van der Waals surface area contributed by atoms with Gasteiger partial charge in [0.05, 0.1) is 13.2 Å². The molecule has 0 aliphatic heterocycles. The third-order valence-electron chi connectivity index (χ3n) is 3.27. The van der Waals surface area contributed by atoms with E-state index in [4.69, 9.17) is 9.84 Å². The summed E-state index contributed by atoms with van der Waals surface area (Å²) in [6, 6.07) is 0.459. The molecule has 1 rings (SSSR count). The zero-order valence-corrected chi connectivity index (χ0v) is 11.0. The van der Waals surface area contributed by atoms with Crippen molar-refractivity contribution in [3.8, 4) is 0 Å². The fourth-order valence-electron chi connectivity index (χ4n) is 2.17. The summed E-state index contributed by atoms with van der Waals surface area (Å²) in [7, 11) is 1.57. The van der Waals surface area contributed by atoms with Gasteiger partial charge < -0.3 is 15.2 Å². The quantitative estimate of drug-likeness (QED) is 0.644. The lowest BCUT2D eigenvalue weighted by Crippen LogP contribution is -2.54. The number of carboxylic acids is 1. The summed E-state index contributed by atoms with van der Waals surface area (Å²) >= 11 is 0. The van der Waals surface area contributed by atoms with E-state index >= 15 is 0 Å². The van der Waals surface area contributed by atoms with E-state index in [9.17, 15) is 9.59 Å². The number of aliphatic carboxylic acids is 1. The van der Waals surface area contributed by atoms with Crippen LogP contribution in [0.5, 0.6) is 0 Å². The zero-order chi connectivity index (χ0) is 13.5. The molecule has 6 nitrogen and oxygen atoms in total. The molecule has 0 atom stereocenters. The molecule has 0 unspecified atom stereocenters. The molecule has 0 radical (unpaired) electrons. The monoisotopic (exact) mass is 258 g/mol. The number of ether oxygens (including phenoxy) is 1. The average Bonchev–Trinajstić information content (AvgIpc) is 2.27. The molecule has 18 heavy (non-hydrogen) atoms. The fraction of sp³-hybridized carbons (Fsp3) is 0.833. The number of carbonyl (C=O) groups is 2. The molecule has 6 heteroatoms. The van der Waals surface area contributed by atoms with Crippen molar-refractivity contribution in [2.45, 2.75) is 38.3 Å². The summed E-state index contributed by atoms with van der Waals surface area (Å²) in [5.74, 6) is -0.800. The van der Waals surface area contributed by atoms with Crippen LogP contribution < -0.4 is 5.32 Å². The van der Waals surface area contributed by atoms with Crippen LogP contribution in [0, 0.1) is 0 Å². The molecule has 0 aromatic carbocycles. The zero-order valence-electron chi connectivity index (χ0n) is 11.0. The van der Waals surface area contributed by atoms with Crippen molar-refractivity contribution in [1.82, 2.24) is 10.2 Å². The first kappa shape index (κ1) is 14.9. The molecular weight excluding hydrogens is 236 g/mol. The first-order chi connectivity index (χ1) is 8.56. The minimum absolute atomic E-state index is 0.00147. The molecule has 0 aromatic heterocycles. The fourth-order valence-corrected chi connectivity index (χ4v) is 2.17. The summed E-state index contributed by atoms with van der Waals surface area (Å²) in [6.07, 6.45) is 2.05. The number of carbonyl (C=O) groups excluding carboxylic acids is 1. The minimum Gasteiger partial charge on any atom is -0.480 e. The summed E-state index contributed by atoms with van der Waals surface area (Å²) in [4.78, 5) is 24.0. The van der Waals surface area contributed by atoms with Crippen LogP contribution >= 0.6 is 0 Å². The van der Waals surface area contributed by atoms with Gasteiger partial charge in [0.1, 0.15) is 0 Å². The van der Waals surface area contributed by atoms with Crippen molar-refractivity contribution in [2.24, 2.45) is 0 Å². The SMILES string of the molecule is CCN(CC(=O)O)C1CC(NC(=O)CCOC)C1. The molecule has 0 bridgehead atoms. The molecule has 2 N–H and O–H groups in total. The lowest BCUT2D eigenvalue weighted by Gasteiger charge is -2.42. The number of rotatable bonds is 8. The Balaban J connectivity index is 2.21. The number of amides is 1. The number of carboxylic acid groups (broad SMARTS) is 1. The summed E-state index contributed by atoms with van der Waals surface area (Å²) < 4.78 is 4.83. The maximum absolute atomic E-state index is 11.4. The molecule has 1 fully saturated rings. The van der Waals surface area contributed by atoms with Gasteiger partial charge in [0.25, 0.3) is 0 Å². The van der Waals surface area contributed by atoms with Crippen LogP contribution in [0.3, 0.4) is 0 Å². The third-order valence-corrected chi connectivity index (χ3v) is 3.27. The number of nitrogens with zero attached hydrogens (tertiary/aromatic N) is 1. The predicted molar refractivity (Wildman–Crippen MR) is 66.3 cm³/mol. The molecule has 0 spiro atoms. The lowest BCUT2D eigenvalue weighted by molar-refractivity contribution is -0.139. The molecule has 1 amide bonds. The Labute approximate surface area is 107 Å². The number of likely N-dealkylation sites (N-methyl/N-ethyl adjacent to an activating group) is 1. The van der Waals surface area contributed by atoms with Crippen LogP contribution in [0.25, 0.3) is 0 Å². The summed E-state index contributed by atoms with van der Waals surface area (Å²) in [5, 5.41) is 11.7. The van der Waals surface area contributed by atoms with E-state index in [0.717, 1.165) is 19.4 Å². The highest BCUT2D eigenvalue weighted by Gasteiger charge is 2.34. The smallest absolute Gasteiger partial charge is 0.317 e. The normalized spacial score (nSPS) is 22.6. The van der Waals surface area contributed by atoms with E-state index in [0.29, 0.717) is 13.0 Å². The molecule has 0 aromatic rings. The summed E-state index contributed by atoms with van der Waals surface area (Å²) in [5.41, 5.74) is 0. The van der Waals surface area contributed by atoms with Crippen molar-refractivity contribution in [2.75, 3.05) is 26.8 Å². The Hall–Kier alpha value is -1.14. The maximum Gasteiger partial charge on any atom is 0.317 e. The standard InChI is InChI=1S/C12H22N2O4/c1-3-14(8-12(16)17)10-6-9(7-10)13-11(15)4-5-18-2/h9-10H,3-8H2,1-2H3,(H,13,15)(H,16,17). The molecule has 1 aliphatic carbocycles. The second kappa shape index (κ2) is 7.33. The van der Waals surface area contributed by atoms with Gasteiger partial charge in [-0.15, -0.1) is 0 Å². The molecule has 0 saturated heterocycles. The lowest BCUT2D eigenvalue weighted by atomic mass is 9.85. The van der Waals surface area contributed by atoms with Gasteiger partial charge in [-0.1, -0.05) is 6.92 Å². The van der Waals surface area contributed by atoms with Gasteiger partial charge in [-0.2, -0.15) is 0 Å². The number of methoxy groups -OCH3 is 1. The van der Waals surface area contributed by atoms with Crippen molar-refractivity contribution in [3.63, 3.8) is 0 Å². The Morgan fingerprint density at radius 1 is 1.44 bits per heavy atom. The van der Waals surface area contributed by atoms with Gasteiger partial charge in [-0.05, 0) is 19.4 Å². The highest BCUT2D eigenvalue weighted by molar-refractivity contribution is 5.76. The van der Waals surface area contributed by atoms with Crippen LogP contribution in [0.4, 0.5) is 0 Å². The first-order valence-corrected chi connectivity index (χ1v) is 6.31. The predicted octanol–water partition coefficient (Wildman–Crippen LogP) is 0.0766. The first-order valence-electron chi connectivity index (χ1n) is 6.31. The Morgan fingerprint density at radius 2 is 2.11 bits per heavy atom. The molecule has 104 valence electrons. The van der Waals surface area contributed by atoms with E-state index in [1.54, 1.807) is 7.11 Å². The van der Waals surface area contributed by atoms with E-state index in [1.165, 1.54) is 0 Å². The van der Waals surface area contributed by atoms with Crippen molar-refractivity contribution in [1.29, 1.82) is 0 Å². The van der Waals surface area contributed by atoms with E-state index < -0.39 is 5.97 Å². The topological polar surface area (TPSA) is 78.9 Å². The van der Waals surface area contributed by atoms with E-state index in [-0.39, 0.29) is 24.5 Å². The maximum atomic E-state index is 11.4. The van der Waals surface area contributed by atoms with Crippen molar-refractivity contribution in [3.05, 3.63) is 0 Å². The van der Waals surface area contributed by atoms with Crippen LogP contribution in [0.2, 0.25) is 0 Å². The number of nitrogens with one attached hydrogen (secondary N) is 1. The summed E-state index contributed by atoms with van der Waals surface area (Å²) in [6.45, 7) is 3.18. The van der Waals surface area contributed by atoms with E-state index in [2.05, 4.69) is 5.32 Å². The highest BCUT2D eigenvalue weighted by Crippen LogP contribution is 2.25. The molecule has 1 saturated carbocycles. The van der Waals surface area contributed by atoms with Crippen LogP contribution in [0.15, 0.2) is 0 Å². The van der Waals surface area contributed by atoms with Gasteiger partial charge in [0.2, 0.25) is 5.91 Å². The van der Waals surface area contributed by atoms with Gasteiger partial charge in [0, 0.05) is 25.6 Å². The minimum atomic E-state index is -0.801. The second-order valence-corrected chi connectivity index (χ2v) is 4.59. The molecular formula is C12H22N2O4. The van der Waals surface area contributed by atoms with Crippen LogP contribution in [-0.2, 0) is 14.3 Å². The van der Waals surface area contributed by atoms with Crippen LogP contribution in [0.1, 0.15) is 26.2 Å². The van der Waals surface area contributed by atoms with E-state index in [1.807, 2.05) is 11.8 Å². The largest absolute Gasteiger partial charge is 0.480 e. The van der Waals surface area contributed by atoms with Gasteiger partial charge in [-0.25, -0.2) is 0 Å². The molecule has 0 heterocycles. The van der Waals surface area contributed by atoms with Crippen molar-refractivity contribution < 1.29 is 19.4 Å². The molecule has 1 aliphatic rings. The number of hydrogen-bond acceptors (Lipinski definition) is 4. The number of hydrogen-bond donors (Lipinski definition) is 2. The Bertz CT molecular complexity index is 290. The highest BCUT2D eigenvalue weighted by atomic mass is 16.5. The van der Waals surface area contributed by atoms with Crippen LogP contribution in [-0.4, -0.2) is 60.8 Å². The third kappa shape index (κ3) is 4.62. The van der Waals surface area contributed by atoms with Crippen molar-refractivity contribution >= 4 is 11.9 Å².